The van der Waals surface area contributed by atoms with E-state index in [1.54, 1.807) is 0 Å². The average molecular weight is 232 g/mol. The standard InChI is InChI=1S/C13H16N2S/c1-7(2)10-5-11-9(4)8(3)6-14-12(11)15-13(10)16/h5-7H,1-4H3,(H,14,15,16). The minimum atomic E-state index is 0.421. The highest BCUT2D eigenvalue weighted by molar-refractivity contribution is 7.71. The third kappa shape index (κ3) is 1.76. The molecule has 0 unspecified atom stereocenters. The fourth-order valence-corrected chi connectivity index (χ4v) is 2.20. The van der Waals surface area contributed by atoms with Crippen molar-refractivity contribution in [1.29, 1.82) is 0 Å². The molecule has 1 N–H and O–H groups in total. The van der Waals surface area contributed by atoms with E-state index < -0.39 is 0 Å². The Kier molecular flexibility index (Phi) is 2.80. The second-order valence-corrected chi connectivity index (χ2v) is 4.92. The number of fused-ring (bicyclic) bond motifs is 1. The van der Waals surface area contributed by atoms with Gasteiger partial charge in [0.15, 0.2) is 0 Å². The van der Waals surface area contributed by atoms with Gasteiger partial charge in [0, 0.05) is 11.8 Å². The molecule has 2 heterocycles. The highest BCUT2D eigenvalue weighted by Gasteiger charge is 2.12. The summed E-state index contributed by atoms with van der Waals surface area (Å²) in [6.07, 6.45) is 1.98. The van der Waals surface area contributed by atoms with E-state index in [-0.39, 0.29) is 0 Å². The van der Waals surface area contributed by atoms with Crippen LogP contribution in [0.1, 0.15) is 36.5 Å². The molecule has 0 saturated heterocycles. The number of hydrogen-bond donors (Lipinski definition) is 1. The van der Waals surface area contributed by atoms with Crippen molar-refractivity contribution in [3.05, 3.63) is 33.6 Å². The highest BCUT2D eigenvalue weighted by Crippen LogP contribution is 2.28. The number of nitrogens with zero attached hydrogens (tertiary/aromatic N) is 1. The summed E-state index contributed by atoms with van der Waals surface area (Å²) in [5.74, 6) is 1.31. The summed E-state index contributed by atoms with van der Waals surface area (Å²) in [5.41, 5.74) is 4.86. The van der Waals surface area contributed by atoms with Crippen molar-refractivity contribution < 1.29 is 0 Å². The number of hydrogen-bond acceptors (Lipinski definition) is 2. The summed E-state index contributed by atoms with van der Waals surface area (Å²) in [6, 6.07) is 2.17. The lowest BCUT2D eigenvalue weighted by molar-refractivity contribution is 0.851. The van der Waals surface area contributed by atoms with Crippen LogP contribution in [0.15, 0.2) is 12.3 Å². The Hall–Kier alpha value is -1.22. The molecule has 2 nitrogen and oxygen atoms in total. The summed E-state index contributed by atoms with van der Waals surface area (Å²) in [7, 11) is 0. The van der Waals surface area contributed by atoms with Gasteiger partial charge in [-0.05, 0) is 42.5 Å². The van der Waals surface area contributed by atoms with Gasteiger partial charge in [0.25, 0.3) is 0 Å². The van der Waals surface area contributed by atoms with Crippen LogP contribution in [0.4, 0.5) is 0 Å². The van der Waals surface area contributed by atoms with Crippen molar-refractivity contribution in [2.75, 3.05) is 0 Å². The summed E-state index contributed by atoms with van der Waals surface area (Å²) < 4.78 is 0.710. The van der Waals surface area contributed by atoms with Gasteiger partial charge in [-0.2, -0.15) is 0 Å². The molecule has 2 aliphatic heterocycles. The van der Waals surface area contributed by atoms with E-state index in [1.165, 1.54) is 16.7 Å². The summed E-state index contributed by atoms with van der Waals surface area (Å²) >= 11 is 5.30. The van der Waals surface area contributed by atoms with Gasteiger partial charge in [0.1, 0.15) is 10.5 Å². The molecule has 0 aliphatic carbocycles. The molecule has 0 atom stereocenters. The van der Waals surface area contributed by atoms with Crippen molar-refractivity contribution in [3.63, 3.8) is 0 Å². The molecule has 16 heavy (non-hydrogen) atoms. The summed E-state index contributed by atoms with van der Waals surface area (Å²) in [4.78, 5) is 7.65. The van der Waals surface area contributed by atoms with Crippen molar-refractivity contribution in [2.45, 2.75) is 33.6 Å². The lowest BCUT2D eigenvalue weighted by Crippen LogP contribution is -2.01. The van der Waals surface area contributed by atoms with Gasteiger partial charge >= 0.3 is 0 Å². The molecule has 0 aromatic heterocycles. The van der Waals surface area contributed by atoms with E-state index in [0.717, 1.165) is 11.4 Å². The molecule has 0 aromatic carbocycles. The average Bonchev–Trinajstić information content (AvgIpc) is 2.23. The van der Waals surface area contributed by atoms with E-state index in [9.17, 15) is 0 Å². The molecule has 2 aliphatic rings. The molecular weight excluding hydrogens is 216 g/mol. The van der Waals surface area contributed by atoms with Gasteiger partial charge < -0.3 is 4.98 Å². The number of aryl methyl sites for hydroxylation is 1. The lowest BCUT2D eigenvalue weighted by atomic mass is 9.98. The van der Waals surface area contributed by atoms with Crippen LogP contribution in [-0.2, 0) is 0 Å². The maximum atomic E-state index is 5.30. The van der Waals surface area contributed by atoms with Gasteiger partial charge in [-0.15, -0.1) is 0 Å². The molecule has 2 rings (SSSR count). The zero-order chi connectivity index (χ0) is 11.9. The molecule has 0 fully saturated rings. The number of pyridine rings is 2. The predicted molar refractivity (Wildman–Crippen MR) is 69.6 cm³/mol. The van der Waals surface area contributed by atoms with E-state index in [0.29, 0.717) is 10.6 Å². The molecule has 3 heteroatoms. The van der Waals surface area contributed by atoms with Crippen LogP contribution in [0.5, 0.6) is 0 Å². The van der Waals surface area contributed by atoms with Crippen LogP contribution in [0, 0.1) is 18.5 Å². The Morgan fingerprint density at radius 3 is 2.62 bits per heavy atom. The number of aromatic amines is 1. The van der Waals surface area contributed by atoms with Crippen LogP contribution in [0.25, 0.3) is 11.4 Å². The van der Waals surface area contributed by atoms with Crippen LogP contribution >= 0.6 is 12.2 Å². The number of H-pyrrole nitrogens is 1. The SMILES string of the molecule is Cc1c[nH]c2nc(=S)c(C(C)C)cc-2c1C. The normalized spacial score (nSPS) is 11.3. The highest BCUT2D eigenvalue weighted by atomic mass is 32.1. The van der Waals surface area contributed by atoms with E-state index in [1.807, 2.05) is 6.20 Å². The molecule has 0 spiro atoms. The maximum Gasteiger partial charge on any atom is 0.139 e. The van der Waals surface area contributed by atoms with Crippen LogP contribution in [0.2, 0.25) is 0 Å². The Balaban J connectivity index is 2.82. The van der Waals surface area contributed by atoms with Gasteiger partial charge in [-0.25, -0.2) is 4.98 Å². The zero-order valence-corrected chi connectivity index (χ0v) is 10.9. The molecule has 0 saturated carbocycles. The Labute approximate surface area is 101 Å². The van der Waals surface area contributed by atoms with Crippen molar-refractivity contribution in [1.82, 2.24) is 9.97 Å². The molecular formula is C13H16N2S. The predicted octanol–water partition coefficient (Wildman–Crippen LogP) is 3.98. The smallest absolute Gasteiger partial charge is 0.139 e. The molecule has 0 radical (unpaired) electrons. The second-order valence-electron chi connectivity index (χ2n) is 4.53. The number of rotatable bonds is 1. The minimum Gasteiger partial charge on any atom is -0.346 e. The Bertz CT molecular complexity index is 555. The molecule has 0 bridgehead atoms. The first-order valence-corrected chi connectivity index (χ1v) is 5.91. The second kappa shape index (κ2) is 3.98. The van der Waals surface area contributed by atoms with Crippen LogP contribution in [-0.4, -0.2) is 9.97 Å². The number of nitrogens with one attached hydrogen (secondary N) is 1. The first-order valence-electron chi connectivity index (χ1n) is 5.50. The largest absolute Gasteiger partial charge is 0.346 e. The van der Waals surface area contributed by atoms with E-state index in [2.05, 4.69) is 43.7 Å². The van der Waals surface area contributed by atoms with Gasteiger partial charge in [-0.1, -0.05) is 26.1 Å². The van der Waals surface area contributed by atoms with Crippen molar-refractivity contribution in [3.8, 4) is 11.4 Å². The minimum absolute atomic E-state index is 0.421. The fourth-order valence-electron chi connectivity index (χ4n) is 1.82. The monoisotopic (exact) mass is 232 g/mol. The van der Waals surface area contributed by atoms with E-state index in [4.69, 9.17) is 12.2 Å². The molecule has 0 amide bonds. The van der Waals surface area contributed by atoms with Gasteiger partial charge in [0.05, 0.1) is 0 Å². The lowest BCUT2D eigenvalue weighted by Gasteiger charge is -2.14. The summed E-state index contributed by atoms with van der Waals surface area (Å²) in [5, 5.41) is 0. The van der Waals surface area contributed by atoms with Gasteiger partial charge in [0.2, 0.25) is 0 Å². The van der Waals surface area contributed by atoms with Crippen LogP contribution < -0.4 is 0 Å². The summed E-state index contributed by atoms with van der Waals surface area (Å²) in [6.45, 7) is 8.52. The Morgan fingerprint density at radius 2 is 2.00 bits per heavy atom. The molecule has 84 valence electrons. The maximum absolute atomic E-state index is 5.30. The van der Waals surface area contributed by atoms with Crippen molar-refractivity contribution in [2.24, 2.45) is 0 Å². The van der Waals surface area contributed by atoms with Crippen LogP contribution in [0.3, 0.4) is 0 Å². The quantitative estimate of drug-likeness (QED) is 0.753. The first kappa shape index (κ1) is 11.3. The third-order valence-electron chi connectivity index (χ3n) is 3.06. The molecule has 0 aromatic rings. The fraction of sp³-hybridized carbons (Fsp3) is 0.385. The topological polar surface area (TPSA) is 28.7 Å². The Morgan fingerprint density at radius 1 is 1.31 bits per heavy atom. The van der Waals surface area contributed by atoms with E-state index >= 15 is 0 Å². The van der Waals surface area contributed by atoms with Crippen molar-refractivity contribution >= 4 is 12.2 Å². The zero-order valence-electron chi connectivity index (χ0n) is 10.1. The number of aromatic nitrogens is 2. The van der Waals surface area contributed by atoms with Gasteiger partial charge in [-0.3, -0.25) is 0 Å². The third-order valence-corrected chi connectivity index (χ3v) is 3.39. The first-order chi connectivity index (χ1) is 7.50.